The third-order valence-electron chi connectivity index (χ3n) is 4.11. The zero-order valence-corrected chi connectivity index (χ0v) is 15.7. The van der Waals surface area contributed by atoms with E-state index >= 15 is 0 Å². The Labute approximate surface area is 145 Å². The average Bonchev–Trinajstić information content (AvgIpc) is 2.46. The van der Waals surface area contributed by atoms with Gasteiger partial charge in [0.25, 0.3) is 0 Å². The molecule has 0 heterocycles. The Kier molecular flexibility index (Phi) is 7.54. The Bertz CT molecular complexity index is 387. The van der Waals surface area contributed by atoms with Crippen LogP contribution in [0.5, 0.6) is 0 Å². The fraction of sp³-hybridized carbons (Fsp3) is 0.867. The van der Waals surface area contributed by atoms with E-state index in [4.69, 9.17) is 12.5 Å². The van der Waals surface area contributed by atoms with Gasteiger partial charge in [-0.2, -0.15) is 0 Å². The minimum Gasteiger partial charge on any atom is -0.460 e. The highest BCUT2D eigenvalue weighted by Crippen LogP contribution is 2.36. The lowest BCUT2D eigenvalue weighted by atomic mass is 9.77. The average molecular weight is 428 g/mol. The maximum Gasteiger partial charge on any atom is 0.336 e. The van der Waals surface area contributed by atoms with Gasteiger partial charge in [-0.1, -0.05) is 0 Å². The summed E-state index contributed by atoms with van der Waals surface area (Å²) in [5, 5.41) is 9.25. The van der Waals surface area contributed by atoms with Crippen LogP contribution in [0.2, 0.25) is 0 Å². The molecule has 1 N–H and O–H groups in total. The molecule has 22 heavy (non-hydrogen) atoms. The van der Waals surface area contributed by atoms with E-state index in [0.29, 0.717) is 0 Å². The number of hydrogen-bond donors (Lipinski definition) is 1. The maximum absolute atomic E-state index is 11.7. The summed E-state index contributed by atoms with van der Waals surface area (Å²) in [7, 11) is 0. The van der Waals surface area contributed by atoms with Crippen LogP contribution in [0.4, 0.5) is 0 Å². The first-order valence-corrected chi connectivity index (χ1v) is 8.44. The lowest BCUT2D eigenvalue weighted by Crippen LogP contribution is -2.42. The van der Waals surface area contributed by atoms with Crippen molar-refractivity contribution in [3.8, 4) is 0 Å². The van der Waals surface area contributed by atoms with Gasteiger partial charge in [0, 0.05) is 0 Å². The van der Waals surface area contributed by atoms with Crippen LogP contribution in [0.1, 0.15) is 53.4 Å². The van der Waals surface area contributed by atoms with Crippen molar-refractivity contribution in [2.45, 2.75) is 77.3 Å². The number of ether oxygens (including phenoxy) is 2. The fourth-order valence-corrected chi connectivity index (χ4v) is 2.81. The first-order chi connectivity index (χ1) is 10.2. The molecule has 0 aliphatic heterocycles. The molecule has 2 unspecified atom stereocenters. The molecule has 0 saturated heterocycles. The number of aliphatic hydroxyl groups excluding tert-OH is 1. The second kappa shape index (κ2) is 8.44. The van der Waals surface area contributed by atoms with Crippen molar-refractivity contribution >= 4 is 34.9 Å². The Balaban J connectivity index is 2.47. The van der Waals surface area contributed by atoms with Gasteiger partial charge in [0.1, 0.15) is 40.8 Å². The summed E-state index contributed by atoms with van der Waals surface area (Å²) in [6.45, 7) is 6.76. The van der Waals surface area contributed by atoms with Crippen LogP contribution in [-0.2, 0) is 22.1 Å². The summed E-state index contributed by atoms with van der Waals surface area (Å²) in [5.41, 5.74) is -0.637. The van der Waals surface area contributed by atoms with E-state index in [1.54, 1.807) is 29.9 Å². The topological polar surface area (TPSA) is 82.1 Å². The molecule has 0 amide bonds. The van der Waals surface area contributed by atoms with Gasteiger partial charge in [-0.25, -0.2) is 9.59 Å². The van der Waals surface area contributed by atoms with E-state index < -0.39 is 23.8 Å². The highest BCUT2D eigenvalue weighted by atomic mass is 127. The number of aliphatic hydroxyl groups is 1. The quantitative estimate of drug-likeness (QED) is 0.518. The third-order valence-corrected chi connectivity index (χ3v) is 4.87. The molecule has 2 atom stereocenters. The molecule has 0 radical (unpaired) electrons. The monoisotopic (exact) mass is 428 g/mol. The Morgan fingerprint density at radius 3 is 2.14 bits per heavy atom. The van der Waals surface area contributed by atoms with Crippen molar-refractivity contribution in [1.29, 1.82) is 0 Å². The van der Waals surface area contributed by atoms with Gasteiger partial charge in [0.2, 0.25) is 0 Å². The summed E-state index contributed by atoms with van der Waals surface area (Å²) in [6, 6.07) is 0. The second-order valence-corrected chi connectivity index (χ2v) is 6.85. The SMILES string of the molecule is CC(O)C(=O)OC(C)(C)C1CCC(OC(=O)C(C)OI)CC1. The normalized spacial score (nSPS) is 25.2. The van der Waals surface area contributed by atoms with Crippen molar-refractivity contribution in [3.05, 3.63) is 0 Å². The summed E-state index contributed by atoms with van der Waals surface area (Å²) < 4.78 is 15.7. The zero-order chi connectivity index (χ0) is 16.9. The van der Waals surface area contributed by atoms with Gasteiger partial charge in [-0.3, -0.25) is 0 Å². The van der Waals surface area contributed by atoms with E-state index in [-0.39, 0.29) is 18.0 Å². The second-order valence-electron chi connectivity index (χ2n) is 6.34. The summed E-state index contributed by atoms with van der Waals surface area (Å²) >= 11 is 1.68. The van der Waals surface area contributed by atoms with Crippen molar-refractivity contribution in [2.75, 3.05) is 0 Å². The van der Waals surface area contributed by atoms with Gasteiger partial charge >= 0.3 is 11.9 Å². The first-order valence-electron chi connectivity index (χ1n) is 7.56. The molecule has 1 rings (SSSR count). The number of carbonyl (C=O) groups is 2. The lowest BCUT2D eigenvalue weighted by Gasteiger charge is -2.38. The minimum absolute atomic E-state index is 0.110. The van der Waals surface area contributed by atoms with Gasteiger partial charge in [-0.15, -0.1) is 0 Å². The number of halogens is 1. The minimum atomic E-state index is -1.12. The Morgan fingerprint density at radius 1 is 1.14 bits per heavy atom. The highest BCUT2D eigenvalue weighted by molar-refractivity contribution is 14.1. The number of rotatable bonds is 6. The molecule has 0 aromatic carbocycles. The summed E-state index contributed by atoms with van der Waals surface area (Å²) in [5.74, 6) is -0.771. The van der Waals surface area contributed by atoms with Crippen LogP contribution in [0.25, 0.3) is 0 Å². The van der Waals surface area contributed by atoms with E-state index in [9.17, 15) is 14.7 Å². The van der Waals surface area contributed by atoms with Gasteiger partial charge in [0.05, 0.1) is 0 Å². The number of carbonyl (C=O) groups excluding carboxylic acids is 2. The van der Waals surface area contributed by atoms with Gasteiger partial charge < -0.3 is 17.6 Å². The maximum atomic E-state index is 11.7. The fourth-order valence-electron chi connectivity index (χ4n) is 2.60. The highest BCUT2D eigenvalue weighted by Gasteiger charge is 2.38. The molecular formula is C15H25IO6. The predicted molar refractivity (Wildman–Crippen MR) is 88.3 cm³/mol. The van der Waals surface area contributed by atoms with Crippen LogP contribution in [-0.4, -0.2) is 41.0 Å². The van der Waals surface area contributed by atoms with Crippen molar-refractivity contribution in [2.24, 2.45) is 5.92 Å². The smallest absolute Gasteiger partial charge is 0.336 e. The van der Waals surface area contributed by atoms with E-state index in [1.165, 1.54) is 6.92 Å². The van der Waals surface area contributed by atoms with Crippen LogP contribution in [0.3, 0.4) is 0 Å². The molecule has 1 fully saturated rings. The Hall–Kier alpha value is -0.410. The summed E-state index contributed by atoms with van der Waals surface area (Å²) in [4.78, 5) is 23.3. The summed E-state index contributed by atoms with van der Waals surface area (Å²) in [6.07, 6.45) is 1.28. The van der Waals surface area contributed by atoms with E-state index in [0.717, 1.165) is 25.7 Å². The van der Waals surface area contributed by atoms with Crippen LogP contribution >= 0.6 is 23.0 Å². The third kappa shape index (κ3) is 5.66. The van der Waals surface area contributed by atoms with Crippen LogP contribution in [0, 0.1) is 5.92 Å². The lowest BCUT2D eigenvalue weighted by molar-refractivity contribution is -0.173. The van der Waals surface area contributed by atoms with Crippen molar-refractivity contribution < 1.29 is 27.2 Å². The largest absolute Gasteiger partial charge is 0.460 e. The molecule has 7 heteroatoms. The predicted octanol–water partition coefficient (Wildman–Crippen LogP) is 2.55. The van der Waals surface area contributed by atoms with E-state index in [1.807, 2.05) is 13.8 Å². The standard InChI is InChI=1S/C15H25IO6/c1-9(17)13(18)21-15(3,4)11-5-7-12(8-6-11)20-14(19)10(2)22-16/h9-12,17H,5-8H2,1-4H3. The van der Waals surface area contributed by atoms with Crippen molar-refractivity contribution in [3.63, 3.8) is 0 Å². The Morgan fingerprint density at radius 2 is 1.68 bits per heavy atom. The first kappa shape index (κ1) is 19.6. The van der Waals surface area contributed by atoms with E-state index in [2.05, 4.69) is 0 Å². The molecule has 0 aromatic rings. The molecule has 6 nitrogen and oxygen atoms in total. The molecule has 1 saturated carbocycles. The van der Waals surface area contributed by atoms with Crippen LogP contribution in [0.15, 0.2) is 0 Å². The molecule has 1 aliphatic carbocycles. The molecule has 0 bridgehead atoms. The van der Waals surface area contributed by atoms with Crippen LogP contribution < -0.4 is 0 Å². The molecule has 0 spiro atoms. The molecule has 1 aliphatic rings. The van der Waals surface area contributed by atoms with Gasteiger partial charge in [0.15, 0.2) is 6.10 Å². The molecule has 128 valence electrons. The number of hydrogen-bond acceptors (Lipinski definition) is 6. The zero-order valence-electron chi connectivity index (χ0n) is 13.5. The van der Waals surface area contributed by atoms with Crippen molar-refractivity contribution in [1.82, 2.24) is 0 Å². The number of esters is 2. The molecular weight excluding hydrogens is 403 g/mol. The van der Waals surface area contributed by atoms with Gasteiger partial charge in [-0.05, 0) is 59.3 Å². The molecule has 0 aromatic heterocycles.